The molecule has 11 nitrogen and oxygen atoms in total. The molecular weight excluding hydrogens is 498 g/mol. The lowest BCUT2D eigenvalue weighted by molar-refractivity contribution is 0.0694. The van der Waals surface area contributed by atoms with Gasteiger partial charge in [-0.25, -0.2) is 13.6 Å². The molecule has 3 aromatic rings. The minimum Gasteiger partial charge on any atom is -0.477 e. The Labute approximate surface area is 218 Å². The molecule has 204 valence electrons. The van der Waals surface area contributed by atoms with Crippen LogP contribution < -0.4 is 25.9 Å². The van der Waals surface area contributed by atoms with Crippen molar-refractivity contribution in [2.75, 3.05) is 46.6 Å². The number of pyridine rings is 1. The predicted molar refractivity (Wildman–Crippen MR) is 143 cm³/mol. The zero-order valence-corrected chi connectivity index (χ0v) is 22.0. The maximum absolute atomic E-state index is 15.8. The van der Waals surface area contributed by atoms with E-state index in [1.807, 2.05) is 32.6 Å². The molecule has 0 unspecified atom stereocenters. The van der Waals surface area contributed by atoms with Gasteiger partial charge in [-0.3, -0.25) is 4.79 Å². The largest absolute Gasteiger partial charge is 0.477 e. The highest BCUT2D eigenvalue weighted by Gasteiger charge is 2.28. The Bertz CT molecular complexity index is 1390. The van der Waals surface area contributed by atoms with Crippen molar-refractivity contribution in [3.05, 3.63) is 39.7 Å². The second-order valence-electron chi connectivity index (χ2n) is 9.74. The van der Waals surface area contributed by atoms with E-state index in [0.717, 1.165) is 12.3 Å². The number of anilines is 4. The summed E-state index contributed by atoms with van der Waals surface area (Å²) in [6.07, 6.45) is 1.10. The summed E-state index contributed by atoms with van der Waals surface area (Å²) < 4.78 is 32.4. The van der Waals surface area contributed by atoms with Crippen LogP contribution >= 0.6 is 0 Å². The molecule has 0 aliphatic carbocycles. The van der Waals surface area contributed by atoms with Crippen LogP contribution in [0.25, 0.3) is 10.9 Å². The summed E-state index contributed by atoms with van der Waals surface area (Å²) in [4.78, 5) is 41.1. The normalized spacial score (nSPS) is 14.0. The van der Waals surface area contributed by atoms with Gasteiger partial charge in [-0.15, -0.1) is 0 Å². The molecule has 4 rings (SSSR count). The van der Waals surface area contributed by atoms with E-state index in [1.165, 1.54) is 4.57 Å². The highest BCUT2D eigenvalue weighted by atomic mass is 19.1. The number of aromatic carboxylic acids is 1. The molecule has 0 spiro atoms. The molecule has 38 heavy (non-hydrogen) atoms. The maximum Gasteiger partial charge on any atom is 0.341 e. The number of nitrogens with one attached hydrogen (secondary N) is 2. The molecule has 0 radical (unpaired) electrons. The average molecular weight is 531 g/mol. The number of carboxylic acids is 1. The first-order valence-corrected chi connectivity index (χ1v) is 12.6. The molecule has 0 saturated carbocycles. The Morgan fingerprint density at radius 2 is 1.55 bits per heavy atom. The lowest BCUT2D eigenvalue weighted by Gasteiger charge is -2.36. The first-order chi connectivity index (χ1) is 18.0. The fourth-order valence-corrected chi connectivity index (χ4v) is 4.45. The van der Waals surface area contributed by atoms with Gasteiger partial charge in [-0.1, -0.05) is 0 Å². The lowest BCUT2D eigenvalue weighted by atomic mass is 10.1. The van der Waals surface area contributed by atoms with E-state index in [2.05, 4.69) is 25.6 Å². The van der Waals surface area contributed by atoms with Gasteiger partial charge < -0.3 is 30.1 Å². The topological polar surface area (TPSA) is 129 Å². The summed E-state index contributed by atoms with van der Waals surface area (Å²) in [6.45, 7) is 11.1. The van der Waals surface area contributed by atoms with E-state index in [-0.39, 0.29) is 48.3 Å². The van der Waals surface area contributed by atoms with Crippen LogP contribution in [0.1, 0.15) is 45.0 Å². The number of aryl methyl sites for hydroxylation is 1. The number of carboxylic acid groups (broad SMARTS) is 1. The van der Waals surface area contributed by atoms with Crippen LogP contribution in [0.15, 0.2) is 17.1 Å². The second-order valence-corrected chi connectivity index (χ2v) is 9.74. The van der Waals surface area contributed by atoms with Gasteiger partial charge in [0.1, 0.15) is 17.1 Å². The van der Waals surface area contributed by atoms with Crippen molar-refractivity contribution in [1.82, 2.24) is 19.5 Å². The van der Waals surface area contributed by atoms with Crippen molar-refractivity contribution in [3.8, 4) is 0 Å². The van der Waals surface area contributed by atoms with Gasteiger partial charge in [0.05, 0.1) is 10.9 Å². The monoisotopic (exact) mass is 530 g/mol. The van der Waals surface area contributed by atoms with Gasteiger partial charge in [-0.2, -0.15) is 15.0 Å². The van der Waals surface area contributed by atoms with Crippen LogP contribution in [-0.4, -0.2) is 68.9 Å². The number of carbonyl (C=O) groups is 1. The fourth-order valence-electron chi connectivity index (χ4n) is 4.45. The smallest absolute Gasteiger partial charge is 0.341 e. The predicted octanol–water partition coefficient (Wildman–Crippen LogP) is 3.15. The molecule has 1 fully saturated rings. The van der Waals surface area contributed by atoms with E-state index in [9.17, 15) is 14.7 Å². The van der Waals surface area contributed by atoms with Crippen molar-refractivity contribution in [1.29, 1.82) is 0 Å². The number of piperazine rings is 1. The zero-order chi connectivity index (χ0) is 27.7. The fraction of sp³-hybridized carbons (Fsp3) is 0.480. The third kappa shape index (κ3) is 5.31. The lowest BCUT2D eigenvalue weighted by Crippen LogP contribution is -2.48. The number of aromatic nitrogens is 4. The number of hydrogen-bond acceptors (Lipinski definition) is 9. The van der Waals surface area contributed by atoms with E-state index in [1.54, 1.807) is 11.8 Å². The molecule has 3 N–H and O–H groups in total. The van der Waals surface area contributed by atoms with Crippen LogP contribution in [0.5, 0.6) is 0 Å². The van der Waals surface area contributed by atoms with E-state index < -0.39 is 28.6 Å². The van der Waals surface area contributed by atoms with E-state index in [4.69, 9.17) is 0 Å². The van der Waals surface area contributed by atoms with Crippen LogP contribution in [0.3, 0.4) is 0 Å². The van der Waals surface area contributed by atoms with Crippen molar-refractivity contribution < 1.29 is 18.7 Å². The van der Waals surface area contributed by atoms with Gasteiger partial charge in [0.15, 0.2) is 5.82 Å². The molecule has 0 atom stereocenters. The number of halogens is 2. The summed E-state index contributed by atoms with van der Waals surface area (Å²) in [5.41, 5.74) is -1.82. The number of hydrogen-bond donors (Lipinski definition) is 3. The van der Waals surface area contributed by atoms with Gasteiger partial charge in [0, 0.05) is 51.0 Å². The summed E-state index contributed by atoms with van der Waals surface area (Å²) >= 11 is 0. The molecule has 1 saturated heterocycles. The number of benzene rings is 1. The Hall–Kier alpha value is -4.03. The highest BCUT2D eigenvalue weighted by molar-refractivity contribution is 5.93. The van der Waals surface area contributed by atoms with E-state index in [0.29, 0.717) is 30.9 Å². The van der Waals surface area contributed by atoms with E-state index >= 15 is 8.78 Å². The van der Waals surface area contributed by atoms with Crippen molar-refractivity contribution >= 4 is 40.4 Å². The number of fused-ring (bicyclic) bond motifs is 1. The molecule has 2 aromatic heterocycles. The van der Waals surface area contributed by atoms with Crippen LogP contribution in [0.4, 0.5) is 32.3 Å². The molecule has 0 amide bonds. The Kier molecular flexibility index (Phi) is 7.65. The molecule has 1 aliphatic rings. The minimum atomic E-state index is -1.45. The Balaban J connectivity index is 1.65. The van der Waals surface area contributed by atoms with Crippen molar-refractivity contribution in [2.45, 2.75) is 53.2 Å². The first-order valence-electron chi connectivity index (χ1n) is 12.6. The number of nitrogens with zero attached hydrogens (tertiary/aromatic N) is 6. The van der Waals surface area contributed by atoms with Crippen molar-refractivity contribution in [2.24, 2.45) is 0 Å². The van der Waals surface area contributed by atoms with Crippen LogP contribution in [-0.2, 0) is 6.54 Å². The third-order valence-electron chi connectivity index (χ3n) is 6.14. The molecule has 3 heterocycles. The summed E-state index contributed by atoms with van der Waals surface area (Å²) in [6, 6.07) is 1.15. The van der Waals surface area contributed by atoms with Gasteiger partial charge in [0.25, 0.3) is 0 Å². The summed E-state index contributed by atoms with van der Waals surface area (Å²) in [5, 5.41) is 15.4. The highest BCUT2D eigenvalue weighted by Crippen LogP contribution is 2.31. The van der Waals surface area contributed by atoms with Gasteiger partial charge in [0.2, 0.25) is 23.3 Å². The van der Waals surface area contributed by atoms with Crippen LogP contribution in [0, 0.1) is 11.6 Å². The standard InChI is InChI=1S/C25H32F2N8O3/c1-6-33-12-16(22(37)38)21(36)15-11-17(26)20(18(27)19(15)33)34-7-9-35(10-8-34)25-31-23(28-13(2)3)30-24(32-25)29-14(4)5/h11-14H,6-10H2,1-5H3,(H,37,38)(H2,28,29,30,31,32). The summed E-state index contributed by atoms with van der Waals surface area (Å²) in [5.74, 6) is -1.95. The van der Waals surface area contributed by atoms with Gasteiger partial charge >= 0.3 is 5.97 Å². The van der Waals surface area contributed by atoms with Crippen LogP contribution in [0.2, 0.25) is 0 Å². The average Bonchev–Trinajstić information content (AvgIpc) is 2.84. The second kappa shape index (κ2) is 10.8. The number of rotatable bonds is 8. The third-order valence-corrected chi connectivity index (χ3v) is 6.14. The minimum absolute atomic E-state index is 0.111. The maximum atomic E-state index is 15.8. The molecule has 0 bridgehead atoms. The SMILES string of the molecule is CCn1cc(C(=O)O)c(=O)c2cc(F)c(N3CCN(c4nc(NC(C)C)nc(NC(C)C)n4)CC3)c(F)c21. The quantitative estimate of drug-likeness (QED) is 0.400. The molecule has 1 aliphatic heterocycles. The summed E-state index contributed by atoms with van der Waals surface area (Å²) in [7, 11) is 0. The van der Waals surface area contributed by atoms with Gasteiger partial charge in [-0.05, 0) is 40.7 Å². The van der Waals surface area contributed by atoms with Crippen molar-refractivity contribution in [3.63, 3.8) is 0 Å². The molecule has 1 aromatic carbocycles. The molecular formula is C25H32F2N8O3. The Morgan fingerprint density at radius 1 is 1.00 bits per heavy atom. The zero-order valence-electron chi connectivity index (χ0n) is 22.0. The molecule has 13 heteroatoms. The first kappa shape index (κ1) is 27.0. The Morgan fingerprint density at radius 3 is 2.05 bits per heavy atom.